The number of carboxylic acids is 1. The zero-order chi connectivity index (χ0) is 16.7. The molecule has 0 saturated heterocycles. The number of rotatable bonds is 3. The van der Waals surface area contributed by atoms with E-state index in [9.17, 15) is 14.7 Å². The van der Waals surface area contributed by atoms with E-state index >= 15 is 0 Å². The van der Waals surface area contributed by atoms with Crippen LogP contribution in [-0.2, 0) is 24.2 Å². The highest BCUT2D eigenvalue weighted by Gasteiger charge is 2.26. The van der Waals surface area contributed by atoms with Gasteiger partial charge in [0, 0.05) is 30.5 Å². The van der Waals surface area contributed by atoms with E-state index in [2.05, 4.69) is 4.57 Å². The zero-order valence-corrected chi connectivity index (χ0v) is 13.2. The van der Waals surface area contributed by atoms with E-state index in [1.54, 1.807) is 12.1 Å². The van der Waals surface area contributed by atoms with Crippen LogP contribution >= 0.6 is 0 Å². The largest absolute Gasteiger partial charge is 0.478 e. The van der Waals surface area contributed by atoms with Crippen molar-refractivity contribution in [1.82, 2.24) is 4.57 Å². The van der Waals surface area contributed by atoms with Crippen molar-refractivity contribution in [1.29, 1.82) is 0 Å². The van der Waals surface area contributed by atoms with Crippen molar-refractivity contribution >= 4 is 22.7 Å². The topological polar surface area (TPSA) is 59.3 Å². The van der Waals surface area contributed by atoms with Gasteiger partial charge in [-0.25, -0.2) is 4.79 Å². The summed E-state index contributed by atoms with van der Waals surface area (Å²) in [6.07, 6.45) is 1.60. The summed E-state index contributed by atoms with van der Waals surface area (Å²) in [5, 5.41) is 10.5. The van der Waals surface area contributed by atoms with Crippen molar-refractivity contribution in [3.8, 4) is 0 Å². The van der Waals surface area contributed by atoms with Gasteiger partial charge in [0.05, 0.1) is 11.1 Å². The number of benzene rings is 2. The number of fused-ring (bicyclic) bond motifs is 3. The van der Waals surface area contributed by atoms with Crippen molar-refractivity contribution < 1.29 is 14.7 Å². The second kappa shape index (κ2) is 5.64. The summed E-state index contributed by atoms with van der Waals surface area (Å²) in [5.41, 5.74) is 4.25. The quantitative estimate of drug-likeness (QED) is 0.804. The number of carbonyl (C=O) groups is 2. The number of aromatic nitrogens is 1. The SMILES string of the molecule is O=C1CCc2c(c3cccc(C(=O)O)c3n2Cc2ccccc2)C1. The summed E-state index contributed by atoms with van der Waals surface area (Å²) >= 11 is 0. The fourth-order valence-electron chi connectivity index (χ4n) is 3.67. The molecule has 0 unspecified atom stereocenters. The van der Waals surface area contributed by atoms with Gasteiger partial charge in [0.2, 0.25) is 0 Å². The molecule has 1 aliphatic rings. The Labute approximate surface area is 139 Å². The van der Waals surface area contributed by atoms with Crippen LogP contribution in [0.25, 0.3) is 10.9 Å². The number of Topliss-reactive ketones (excluding diaryl/α,β-unsaturated/α-hetero) is 1. The molecular formula is C20H17NO3. The van der Waals surface area contributed by atoms with Gasteiger partial charge in [0.1, 0.15) is 5.78 Å². The van der Waals surface area contributed by atoms with E-state index < -0.39 is 5.97 Å². The Bertz CT molecular complexity index is 954. The first-order valence-electron chi connectivity index (χ1n) is 8.07. The van der Waals surface area contributed by atoms with Crippen LogP contribution in [-0.4, -0.2) is 21.4 Å². The van der Waals surface area contributed by atoms with Crippen LogP contribution < -0.4 is 0 Å². The van der Waals surface area contributed by atoms with Crippen molar-refractivity contribution in [3.63, 3.8) is 0 Å². The average molecular weight is 319 g/mol. The predicted octanol–water partition coefficient (Wildman–Crippen LogP) is 3.45. The second-order valence-corrected chi connectivity index (χ2v) is 6.22. The van der Waals surface area contributed by atoms with Gasteiger partial charge in [-0.1, -0.05) is 42.5 Å². The van der Waals surface area contributed by atoms with E-state index in [4.69, 9.17) is 0 Å². The minimum absolute atomic E-state index is 0.224. The molecule has 4 rings (SSSR count). The zero-order valence-electron chi connectivity index (χ0n) is 13.2. The lowest BCUT2D eigenvalue weighted by Gasteiger charge is -2.16. The van der Waals surface area contributed by atoms with Crippen LogP contribution in [0.1, 0.15) is 33.6 Å². The van der Waals surface area contributed by atoms with Gasteiger partial charge in [0.25, 0.3) is 0 Å². The third-order valence-electron chi connectivity index (χ3n) is 4.73. The summed E-state index contributed by atoms with van der Waals surface area (Å²) in [6, 6.07) is 15.3. The average Bonchev–Trinajstić information content (AvgIpc) is 2.89. The molecule has 1 heterocycles. The van der Waals surface area contributed by atoms with Crippen molar-refractivity contribution in [3.05, 3.63) is 70.9 Å². The van der Waals surface area contributed by atoms with Crippen LogP contribution in [0.4, 0.5) is 0 Å². The summed E-state index contributed by atoms with van der Waals surface area (Å²) in [4.78, 5) is 23.6. The number of hydrogen-bond acceptors (Lipinski definition) is 2. The second-order valence-electron chi connectivity index (χ2n) is 6.22. The van der Waals surface area contributed by atoms with Crippen molar-refractivity contribution in [2.45, 2.75) is 25.8 Å². The summed E-state index contributed by atoms with van der Waals surface area (Å²) < 4.78 is 2.09. The van der Waals surface area contributed by atoms with Gasteiger partial charge in [-0.2, -0.15) is 0 Å². The molecule has 0 spiro atoms. The first kappa shape index (κ1) is 14.7. The van der Waals surface area contributed by atoms with Crippen LogP contribution in [0.15, 0.2) is 48.5 Å². The molecule has 120 valence electrons. The van der Waals surface area contributed by atoms with E-state index in [1.165, 1.54) is 0 Å². The molecule has 0 radical (unpaired) electrons. The third kappa shape index (κ3) is 2.31. The Kier molecular flexibility index (Phi) is 3.45. The molecule has 0 fully saturated rings. The number of aromatic carboxylic acids is 1. The summed E-state index contributed by atoms with van der Waals surface area (Å²) in [5.74, 6) is -0.710. The lowest BCUT2D eigenvalue weighted by atomic mass is 9.94. The number of nitrogens with zero attached hydrogens (tertiary/aromatic N) is 1. The number of ketones is 1. The Morgan fingerprint density at radius 2 is 1.83 bits per heavy atom. The lowest BCUT2D eigenvalue weighted by molar-refractivity contribution is -0.118. The fraction of sp³-hybridized carbons (Fsp3) is 0.200. The maximum absolute atomic E-state index is 11.9. The molecule has 3 aromatic rings. The Balaban J connectivity index is 1.99. The Morgan fingerprint density at radius 3 is 2.58 bits per heavy atom. The van der Waals surface area contributed by atoms with E-state index in [-0.39, 0.29) is 5.78 Å². The van der Waals surface area contributed by atoms with Crippen molar-refractivity contribution in [2.75, 3.05) is 0 Å². The van der Waals surface area contributed by atoms with Gasteiger partial charge < -0.3 is 9.67 Å². The van der Waals surface area contributed by atoms with Crippen LogP contribution in [0.5, 0.6) is 0 Å². The molecule has 2 aromatic carbocycles. The van der Waals surface area contributed by atoms with Crippen LogP contribution in [0.2, 0.25) is 0 Å². The van der Waals surface area contributed by atoms with Gasteiger partial charge in [-0.3, -0.25) is 4.79 Å². The number of para-hydroxylation sites is 1. The first-order valence-corrected chi connectivity index (χ1v) is 8.07. The standard InChI is InChI=1S/C20H17NO3/c22-14-9-10-18-17(11-14)15-7-4-8-16(20(23)24)19(15)21(18)12-13-5-2-1-3-6-13/h1-8H,9-12H2,(H,23,24). The molecular weight excluding hydrogens is 302 g/mol. The Hall–Kier alpha value is -2.88. The highest BCUT2D eigenvalue weighted by atomic mass is 16.4. The maximum atomic E-state index is 11.9. The molecule has 0 saturated carbocycles. The fourth-order valence-corrected chi connectivity index (χ4v) is 3.67. The molecule has 4 nitrogen and oxygen atoms in total. The van der Waals surface area contributed by atoms with Crippen LogP contribution in [0.3, 0.4) is 0 Å². The highest BCUT2D eigenvalue weighted by Crippen LogP contribution is 2.33. The predicted molar refractivity (Wildman–Crippen MR) is 91.5 cm³/mol. The summed E-state index contributed by atoms with van der Waals surface area (Å²) in [6.45, 7) is 0.616. The monoisotopic (exact) mass is 319 g/mol. The number of hydrogen-bond donors (Lipinski definition) is 1. The smallest absolute Gasteiger partial charge is 0.337 e. The van der Waals surface area contributed by atoms with Crippen LogP contribution in [0, 0.1) is 0 Å². The third-order valence-corrected chi connectivity index (χ3v) is 4.73. The Morgan fingerprint density at radius 1 is 1.04 bits per heavy atom. The molecule has 24 heavy (non-hydrogen) atoms. The maximum Gasteiger partial charge on any atom is 0.337 e. The molecule has 0 aliphatic heterocycles. The minimum atomic E-state index is -0.934. The van der Waals surface area contributed by atoms with Gasteiger partial charge in [-0.05, 0) is 23.6 Å². The molecule has 1 aliphatic carbocycles. The summed E-state index contributed by atoms with van der Waals surface area (Å²) in [7, 11) is 0. The molecule has 0 atom stereocenters. The number of carbonyl (C=O) groups excluding carboxylic acids is 1. The van der Waals surface area contributed by atoms with Crippen molar-refractivity contribution in [2.24, 2.45) is 0 Å². The van der Waals surface area contributed by atoms with Gasteiger partial charge >= 0.3 is 5.97 Å². The highest BCUT2D eigenvalue weighted by molar-refractivity contribution is 6.05. The normalized spacial score (nSPS) is 13.9. The molecule has 1 N–H and O–H groups in total. The molecule has 0 amide bonds. The lowest BCUT2D eigenvalue weighted by Crippen LogP contribution is -2.16. The van der Waals surface area contributed by atoms with E-state index in [1.807, 2.05) is 36.4 Å². The number of carboxylic acid groups (broad SMARTS) is 1. The van der Waals surface area contributed by atoms with Gasteiger partial charge in [-0.15, -0.1) is 0 Å². The molecule has 0 bridgehead atoms. The van der Waals surface area contributed by atoms with Gasteiger partial charge in [0.15, 0.2) is 0 Å². The van der Waals surface area contributed by atoms with E-state index in [0.29, 0.717) is 31.4 Å². The van der Waals surface area contributed by atoms with E-state index in [0.717, 1.165) is 27.7 Å². The molecule has 1 aromatic heterocycles. The molecule has 4 heteroatoms. The minimum Gasteiger partial charge on any atom is -0.478 e. The first-order chi connectivity index (χ1) is 11.6.